The SMILES string of the molecule is CC(=O)N(C)C(C#N)C(C)C. The largest absolute Gasteiger partial charge is 0.330 e. The van der Waals surface area contributed by atoms with Gasteiger partial charge in [0.1, 0.15) is 6.04 Å². The van der Waals surface area contributed by atoms with Crippen LogP contribution in [-0.2, 0) is 4.79 Å². The van der Waals surface area contributed by atoms with E-state index in [9.17, 15) is 4.79 Å². The van der Waals surface area contributed by atoms with Crippen molar-refractivity contribution in [3.05, 3.63) is 0 Å². The van der Waals surface area contributed by atoms with E-state index in [2.05, 4.69) is 6.07 Å². The molecule has 3 nitrogen and oxygen atoms in total. The van der Waals surface area contributed by atoms with Gasteiger partial charge in [0.05, 0.1) is 6.07 Å². The molecule has 11 heavy (non-hydrogen) atoms. The van der Waals surface area contributed by atoms with E-state index in [1.165, 1.54) is 11.8 Å². The summed E-state index contributed by atoms with van der Waals surface area (Å²) < 4.78 is 0. The Morgan fingerprint density at radius 2 is 2.00 bits per heavy atom. The molecule has 0 aromatic heterocycles. The smallest absolute Gasteiger partial charge is 0.220 e. The second-order valence-corrected chi connectivity index (χ2v) is 2.95. The van der Waals surface area contributed by atoms with Crippen molar-refractivity contribution in [3.63, 3.8) is 0 Å². The number of hydrogen-bond donors (Lipinski definition) is 0. The van der Waals surface area contributed by atoms with Gasteiger partial charge in [-0.1, -0.05) is 13.8 Å². The second-order valence-electron chi connectivity index (χ2n) is 2.95. The van der Waals surface area contributed by atoms with Crippen molar-refractivity contribution in [2.45, 2.75) is 26.8 Å². The lowest BCUT2D eigenvalue weighted by Gasteiger charge is -2.23. The van der Waals surface area contributed by atoms with Gasteiger partial charge < -0.3 is 4.90 Å². The zero-order chi connectivity index (χ0) is 9.02. The fourth-order valence-electron chi connectivity index (χ4n) is 0.879. The zero-order valence-corrected chi connectivity index (χ0v) is 7.46. The Hall–Kier alpha value is -1.04. The van der Waals surface area contributed by atoms with Gasteiger partial charge in [0, 0.05) is 14.0 Å². The van der Waals surface area contributed by atoms with Crippen LogP contribution in [0.25, 0.3) is 0 Å². The van der Waals surface area contributed by atoms with Gasteiger partial charge in [0.15, 0.2) is 0 Å². The number of nitriles is 1. The number of hydrogen-bond acceptors (Lipinski definition) is 2. The van der Waals surface area contributed by atoms with Gasteiger partial charge in [-0.15, -0.1) is 0 Å². The molecule has 0 radical (unpaired) electrons. The van der Waals surface area contributed by atoms with Crippen molar-refractivity contribution < 1.29 is 4.79 Å². The van der Waals surface area contributed by atoms with Crippen LogP contribution in [0.1, 0.15) is 20.8 Å². The van der Waals surface area contributed by atoms with Crippen molar-refractivity contribution >= 4 is 5.91 Å². The Morgan fingerprint density at radius 1 is 1.55 bits per heavy atom. The van der Waals surface area contributed by atoms with Crippen molar-refractivity contribution in [3.8, 4) is 6.07 Å². The van der Waals surface area contributed by atoms with Crippen LogP contribution in [0.5, 0.6) is 0 Å². The van der Waals surface area contributed by atoms with Crippen LogP contribution >= 0.6 is 0 Å². The lowest BCUT2D eigenvalue weighted by atomic mass is 10.1. The normalized spacial score (nSPS) is 12.4. The zero-order valence-electron chi connectivity index (χ0n) is 7.46. The highest BCUT2D eigenvalue weighted by molar-refractivity contribution is 5.73. The molecule has 0 aromatic carbocycles. The van der Waals surface area contributed by atoms with Gasteiger partial charge in [-0.3, -0.25) is 4.79 Å². The average molecular weight is 154 g/mol. The lowest BCUT2D eigenvalue weighted by Crippen LogP contribution is -2.37. The van der Waals surface area contributed by atoms with Crippen LogP contribution in [0.15, 0.2) is 0 Å². The van der Waals surface area contributed by atoms with Crippen molar-refractivity contribution in [2.75, 3.05) is 7.05 Å². The number of amides is 1. The minimum Gasteiger partial charge on any atom is -0.330 e. The summed E-state index contributed by atoms with van der Waals surface area (Å²) in [7, 11) is 1.65. The van der Waals surface area contributed by atoms with Crippen LogP contribution in [0, 0.1) is 17.2 Å². The number of nitrogens with zero attached hydrogens (tertiary/aromatic N) is 2. The first-order valence-corrected chi connectivity index (χ1v) is 3.63. The van der Waals surface area contributed by atoms with Crippen molar-refractivity contribution in [1.82, 2.24) is 4.90 Å². The molecule has 0 saturated carbocycles. The maximum absolute atomic E-state index is 10.8. The topological polar surface area (TPSA) is 44.1 Å². The summed E-state index contributed by atoms with van der Waals surface area (Å²) in [5.74, 6) is 0.124. The van der Waals surface area contributed by atoms with E-state index in [-0.39, 0.29) is 17.9 Å². The highest BCUT2D eigenvalue weighted by Gasteiger charge is 2.19. The van der Waals surface area contributed by atoms with Gasteiger partial charge in [-0.05, 0) is 5.92 Å². The van der Waals surface area contributed by atoms with E-state index in [0.29, 0.717) is 0 Å². The van der Waals surface area contributed by atoms with Crippen LogP contribution in [0.2, 0.25) is 0 Å². The Labute approximate surface area is 67.6 Å². The standard InChI is InChI=1S/C8H14N2O/c1-6(2)8(5-9)10(4)7(3)11/h6,8H,1-4H3. The van der Waals surface area contributed by atoms with Gasteiger partial charge in [0.25, 0.3) is 0 Å². The molecule has 3 heteroatoms. The Morgan fingerprint density at radius 3 is 2.09 bits per heavy atom. The molecule has 0 aromatic rings. The van der Waals surface area contributed by atoms with Crippen LogP contribution < -0.4 is 0 Å². The molecule has 62 valence electrons. The first-order valence-electron chi connectivity index (χ1n) is 3.63. The molecule has 0 N–H and O–H groups in total. The minimum atomic E-state index is -0.299. The summed E-state index contributed by atoms with van der Waals surface area (Å²) in [6, 6.07) is 1.79. The first kappa shape index (κ1) is 9.96. The second kappa shape index (κ2) is 3.97. The Balaban J connectivity index is 4.29. The predicted molar refractivity (Wildman–Crippen MR) is 42.7 cm³/mol. The van der Waals surface area contributed by atoms with Crippen molar-refractivity contribution in [2.24, 2.45) is 5.92 Å². The van der Waals surface area contributed by atoms with Gasteiger partial charge in [0.2, 0.25) is 5.91 Å². The summed E-state index contributed by atoms with van der Waals surface area (Å²) in [4.78, 5) is 12.3. The van der Waals surface area contributed by atoms with E-state index < -0.39 is 0 Å². The molecule has 0 aliphatic rings. The third kappa shape index (κ3) is 2.58. The summed E-state index contributed by atoms with van der Waals surface area (Å²) >= 11 is 0. The molecule has 0 heterocycles. The van der Waals surface area contributed by atoms with E-state index in [1.807, 2.05) is 13.8 Å². The van der Waals surface area contributed by atoms with Crippen LogP contribution in [-0.4, -0.2) is 23.9 Å². The monoisotopic (exact) mass is 154 g/mol. The number of carbonyl (C=O) groups excluding carboxylic acids is 1. The fraction of sp³-hybridized carbons (Fsp3) is 0.750. The highest BCUT2D eigenvalue weighted by Crippen LogP contribution is 2.07. The molecular weight excluding hydrogens is 140 g/mol. The maximum Gasteiger partial charge on any atom is 0.220 e. The van der Waals surface area contributed by atoms with Gasteiger partial charge in [-0.25, -0.2) is 0 Å². The van der Waals surface area contributed by atoms with Gasteiger partial charge >= 0.3 is 0 Å². The van der Waals surface area contributed by atoms with E-state index in [4.69, 9.17) is 5.26 Å². The molecular formula is C8H14N2O. The quantitative estimate of drug-likeness (QED) is 0.596. The molecule has 1 atom stereocenters. The third-order valence-corrected chi connectivity index (χ3v) is 1.68. The molecule has 0 aliphatic heterocycles. The summed E-state index contributed by atoms with van der Waals surface area (Å²) in [5, 5.41) is 8.67. The highest BCUT2D eigenvalue weighted by atomic mass is 16.2. The summed E-state index contributed by atoms with van der Waals surface area (Å²) in [5.41, 5.74) is 0. The van der Waals surface area contributed by atoms with E-state index in [0.717, 1.165) is 0 Å². The number of carbonyl (C=O) groups is 1. The predicted octanol–water partition coefficient (Wildman–Crippen LogP) is 1.01. The average Bonchev–Trinajstić information content (AvgIpc) is 1.88. The van der Waals surface area contributed by atoms with E-state index in [1.54, 1.807) is 7.05 Å². The maximum atomic E-state index is 10.8. The molecule has 0 aliphatic carbocycles. The summed E-state index contributed by atoms with van der Waals surface area (Å²) in [6.07, 6.45) is 0. The Kier molecular flexibility index (Phi) is 3.59. The van der Waals surface area contributed by atoms with E-state index >= 15 is 0 Å². The molecule has 1 unspecified atom stereocenters. The molecule has 0 spiro atoms. The van der Waals surface area contributed by atoms with Gasteiger partial charge in [-0.2, -0.15) is 5.26 Å². The number of rotatable bonds is 2. The summed E-state index contributed by atoms with van der Waals surface area (Å²) in [6.45, 7) is 5.31. The molecule has 0 rings (SSSR count). The van der Waals surface area contributed by atoms with Crippen LogP contribution in [0.3, 0.4) is 0 Å². The van der Waals surface area contributed by atoms with Crippen molar-refractivity contribution in [1.29, 1.82) is 5.26 Å². The molecule has 0 saturated heterocycles. The fourth-order valence-corrected chi connectivity index (χ4v) is 0.879. The Bertz CT molecular complexity index is 181. The minimum absolute atomic E-state index is 0.0646. The molecule has 0 fully saturated rings. The van der Waals surface area contributed by atoms with Crippen LogP contribution in [0.4, 0.5) is 0 Å². The molecule has 1 amide bonds. The molecule has 0 bridgehead atoms. The lowest BCUT2D eigenvalue weighted by molar-refractivity contribution is -0.129. The first-order chi connectivity index (χ1) is 5.00. The third-order valence-electron chi connectivity index (χ3n) is 1.68.